The number of imidazole rings is 1. The van der Waals surface area contributed by atoms with Crippen LogP contribution in [0.4, 0.5) is 0 Å². The Morgan fingerprint density at radius 1 is 1.42 bits per heavy atom. The first kappa shape index (κ1) is 15.5. The summed E-state index contributed by atoms with van der Waals surface area (Å²) in [5.41, 5.74) is 7.67. The molecule has 7 heteroatoms. The molecule has 0 aromatic carbocycles. The zero-order valence-corrected chi connectivity index (χ0v) is 14.2. The van der Waals surface area contributed by atoms with E-state index in [4.69, 9.17) is 5.73 Å². The van der Waals surface area contributed by atoms with Gasteiger partial charge in [-0.3, -0.25) is 4.79 Å². The Bertz CT molecular complexity index is 795. The lowest BCUT2D eigenvalue weighted by Gasteiger charge is -2.40. The fraction of sp³-hybridized carbons (Fsp3) is 0.412. The van der Waals surface area contributed by atoms with Crippen LogP contribution >= 0.6 is 11.8 Å². The Labute approximate surface area is 144 Å². The maximum atomic E-state index is 11.6. The highest BCUT2D eigenvalue weighted by Crippen LogP contribution is 2.45. The molecular weight excluding hydrogens is 322 g/mol. The minimum atomic E-state index is -0.355. The van der Waals surface area contributed by atoms with Crippen LogP contribution < -0.4 is 16.4 Å². The topological polar surface area (TPSA) is 84.5 Å². The number of primary amides is 1. The molecule has 0 radical (unpaired) electrons. The number of amides is 1. The molecule has 6 nitrogen and oxygen atoms in total. The molecule has 2 aliphatic heterocycles. The van der Waals surface area contributed by atoms with E-state index in [9.17, 15) is 4.79 Å². The van der Waals surface area contributed by atoms with Gasteiger partial charge in [0.25, 0.3) is 5.91 Å². The molecule has 1 fully saturated rings. The first-order valence-corrected chi connectivity index (χ1v) is 9.07. The molecule has 2 aromatic heterocycles. The fourth-order valence-corrected chi connectivity index (χ4v) is 5.02. The van der Waals surface area contributed by atoms with Crippen molar-refractivity contribution in [2.75, 3.05) is 13.1 Å². The van der Waals surface area contributed by atoms with Gasteiger partial charge in [-0.05, 0) is 49.5 Å². The number of carbonyl (C=O) groups is 1. The standard InChI is InChI=1S/C17H21N5OS/c18-16(23)14-11-21-17(24-14,13-1-4-19-5-2-13)10-12-3-7-22-8-6-20-15(22)9-12/h3,6-9,11,13,19,21H,1-2,4-5,10H2,(H2,18,23). The third-order valence-corrected chi connectivity index (χ3v) is 6.41. The number of aromatic nitrogens is 2. The van der Waals surface area contributed by atoms with Crippen LogP contribution in [0, 0.1) is 5.92 Å². The molecule has 4 heterocycles. The summed E-state index contributed by atoms with van der Waals surface area (Å²) in [6, 6.07) is 4.25. The molecule has 0 aliphatic carbocycles. The van der Waals surface area contributed by atoms with Gasteiger partial charge in [0.05, 0.1) is 9.78 Å². The normalized spacial score (nSPS) is 24.8. The number of thioether (sulfide) groups is 1. The van der Waals surface area contributed by atoms with E-state index >= 15 is 0 Å². The Morgan fingerprint density at radius 2 is 2.25 bits per heavy atom. The number of pyridine rings is 1. The number of nitrogens with one attached hydrogen (secondary N) is 2. The van der Waals surface area contributed by atoms with Gasteiger partial charge in [-0.2, -0.15) is 0 Å². The SMILES string of the molecule is NC(=O)C1=CNC(Cc2ccn3ccnc3c2)(C2CCNCC2)S1. The Balaban J connectivity index is 1.63. The average Bonchev–Trinajstić information content (AvgIpc) is 3.23. The fourth-order valence-electron chi connectivity index (χ4n) is 3.65. The number of nitrogens with two attached hydrogens (primary N) is 1. The lowest BCUT2D eigenvalue weighted by Crippen LogP contribution is -2.49. The van der Waals surface area contributed by atoms with Gasteiger partial charge in [-0.25, -0.2) is 4.98 Å². The van der Waals surface area contributed by atoms with Crippen LogP contribution in [0.2, 0.25) is 0 Å². The summed E-state index contributed by atoms with van der Waals surface area (Å²) >= 11 is 1.60. The van der Waals surface area contributed by atoms with Gasteiger partial charge in [-0.1, -0.05) is 11.8 Å². The summed E-state index contributed by atoms with van der Waals surface area (Å²) in [7, 11) is 0. The summed E-state index contributed by atoms with van der Waals surface area (Å²) in [5, 5.41) is 6.92. The smallest absolute Gasteiger partial charge is 0.256 e. The lowest BCUT2D eigenvalue weighted by molar-refractivity contribution is -0.113. The molecule has 2 aliphatic rings. The van der Waals surface area contributed by atoms with Crippen LogP contribution in [-0.4, -0.2) is 33.3 Å². The number of carbonyl (C=O) groups excluding carboxylic acids is 1. The molecule has 1 amide bonds. The highest BCUT2D eigenvalue weighted by molar-refractivity contribution is 8.05. The monoisotopic (exact) mass is 343 g/mol. The summed E-state index contributed by atoms with van der Waals surface area (Å²) in [6.07, 6.45) is 10.6. The summed E-state index contributed by atoms with van der Waals surface area (Å²) < 4.78 is 2.00. The zero-order chi connectivity index (χ0) is 16.6. The van der Waals surface area contributed by atoms with Gasteiger partial charge < -0.3 is 20.8 Å². The van der Waals surface area contributed by atoms with Gasteiger partial charge in [0.2, 0.25) is 0 Å². The molecule has 4 N–H and O–H groups in total. The zero-order valence-electron chi connectivity index (χ0n) is 13.4. The van der Waals surface area contributed by atoms with E-state index in [0.717, 1.165) is 38.0 Å². The van der Waals surface area contributed by atoms with Crippen LogP contribution in [-0.2, 0) is 11.2 Å². The molecule has 126 valence electrons. The Morgan fingerprint density at radius 3 is 3.00 bits per heavy atom. The number of nitrogens with zero attached hydrogens (tertiary/aromatic N) is 2. The molecule has 0 spiro atoms. The molecule has 0 saturated carbocycles. The second kappa shape index (κ2) is 6.14. The molecule has 0 bridgehead atoms. The number of piperidine rings is 1. The van der Waals surface area contributed by atoms with E-state index in [1.807, 2.05) is 16.8 Å². The van der Waals surface area contributed by atoms with Crippen LogP contribution in [0.15, 0.2) is 41.8 Å². The summed E-state index contributed by atoms with van der Waals surface area (Å²) in [5.74, 6) is 0.125. The van der Waals surface area contributed by atoms with E-state index in [1.165, 1.54) is 5.56 Å². The minimum absolute atomic E-state index is 0.211. The molecule has 2 aromatic rings. The van der Waals surface area contributed by atoms with Crippen molar-refractivity contribution in [2.24, 2.45) is 11.7 Å². The number of fused-ring (bicyclic) bond motifs is 1. The van der Waals surface area contributed by atoms with E-state index in [0.29, 0.717) is 10.8 Å². The van der Waals surface area contributed by atoms with Crippen LogP contribution in [0.3, 0.4) is 0 Å². The van der Waals surface area contributed by atoms with Gasteiger partial charge in [0.15, 0.2) is 0 Å². The van der Waals surface area contributed by atoms with Crippen molar-refractivity contribution in [3.63, 3.8) is 0 Å². The van der Waals surface area contributed by atoms with Crippen molar-refractivity contribution >= 4 is 23.3 Å². The second-order valence-corrected chi connectivity index (χ2v) is 7.81. The summed E-state index contributed by atoms with van der Waals surface area (Å²) in [6.45, 7) is 2.03. The predicted octanol–water partition coefficient (Wildman–Crippen LogP) is 1.24. The minimum Gasteiger partial charge on any atom is -0.375 e. The lowest BCUT2D eigenvalue weighted by atomic mass is 9.86. The van der Waals surface area contributed by atoms with Crippen LogP contribution in [0.5, 0.6) is 0 Å². The van der Waals surface area contributed by atoms with E-state index in [2.05, 4.69) is 27.8 Å². The third kappa shape index (κ3) is 2.78. The average molecular weight is 343 g/mol. The van der Waals surface area contributed by atoms with Crippen molar-refractivity contribution in [3.05, 3.63) is 47.4 Å². The Kier molecular flexibility index (Phi) is 3.97. The molecule has 1 atom stereocenters. The van der Waals surface area contributed by atoms with Crippen LogP contribution in [0.1, 0.15) is 18.4 Å². The van der Waals surface area contributed by atoms with Gasteiger partial charge in [0.1, 0.15) is 5.65 Å². The highest BCUT2D eigenvalue weighted by atomic mass is 32.2. The van der Waals surface area contributed by atoms with Gasteiger partial charge >= 0.3 is 0 Å². The molecule has 1 saturated heterocycles. The maximum Gasteiger partial charge on any atom is 0.256 e. The van der Waals surface area contributed by atoms with Gasteiger partial charge in [0, 0.05) is 31.2 Å². The van der Waals surface area contributed by atoms with Crippen molar-refractivity contribution in [1.82, 2.24) is 20.0 Å². The quantitative estimate of drug-likeness (QED) is 0.778. The maximum absolute atomic E-state index is 11.6. The molecule has 24 heavy (non-hydrogen) atoms. The van der Waals surface area contributed by atoms with E-state index in [-0.39, 0.29) is 10.8 Å². The second-order valence-electron chi connectivity index (χ2n) is 6.44. The predicted molar refractivity (Wildman–Crippen MR) is 95.2 cm³/mol. The van der Waals surface area contributed by atoms with Crippen molar-refractivity contribution < 1.29 is 4.79 Å². The van der Waals surface area contributed by atoms with E-state index in [1.54, 1.807) is 24.2 Å². The highest BCUT2D eigenvalue weighted by Gasteiger charge is 2.44. The first-order valence-electron chi connectivity index (χ1n) is 8.25. The number of rotatable bonds is 4. The molecule has 4 rings (SSSR count). The first-order chi connectivity index (χ1) is 11.7. The van der Waals surface area contributed by atoms with Crippen molar-refractivity contribution in [3.8, 4) is 0 Å². The van der Waals surface area contributed by atoms with Gasteiger partial charge in [-0.15, -0.1) is 0 Å². The number of hydrogen-bond donors (Lipinski definition) is 3. The summed E-state index contributed by atoms with van der Waals surface area (Å²) in [4.78, 5) is 16.4. The van der Waals surface area contributed by atoms with Crippen LogP contribution in [0.25, 0.3) is 5.65 Å². The molecule has 1 unspecified atom stereocenters. The Hall–Kier alpha value is -1.99. The largest absolute Gasteiger partial charge is 0.375 e. The van der Waals surface area contributed by atoms with E-state index < -0.39 is 0 Å². The van der Waals surface area contributed by atoms with Crippen molar-refractivity contribution in [1.29, 1.82) is 0 Å². The third-order valence-electron chi connectivity index (χ3n) is 4.91. The number of hydrogen-bond acceptors (Lipinski definition) is 5. The molecular formula is C17H21N5OS. The van der Waals surface area contributed by atoms with Crippen molar-refractivity contribution in [2.45, 2.75) is 24.1 Å².